The highest BCUT2D eigenvalue weighted by atomic mass is 79.9. The van der Waals surface area contributed by atoms with Crippen LogP contribution in [0.4, 0.5) is 21.0 Å². The van der Waals surface area contributed by atoms with Crippen molar-refractivity contribution >= 4 is 45.4 Å². The second-order valence-electron chi connectivity index (χ2n) is 7.97. The standard InChI is InChI=1S/C26H24BrN3O5/c27-20-10-7-13-22(16-20)30(21-11-5-2-6-12-21)25(33)29-15-14-28(17-23(29)24(31)32)26(34)35-18-19-8-3-1-4-9-19/h1-13,16,23H,14-15,17-18H2,(H,31,32)/t23-/m0/s1. The number of rotatable bonds is 5. The minimum absolute atomic E-state index is 0.0492. The van der Waals surface area contributed by atoms with Gasteiger partial charge in [-0.05, 0) is 35.9 Å². The molecule has 3 aromatic carbocycles. The first-order chi connectivity index (χ1) is 16.9. The van der Waals surface area contributed by atoms with Gasteiger partial charge in [0.1, 0.15) is 12.6 Å². The summed E-state index contributed by atoms with van der Waals surface area (Å²) >= 11 is 3.43. The Morgan fingerprint density at radius 2 is 1.57 bits per heavy atom. The number of piperazine rings is 1. The maximum atomic E-state index is 13.8. The van der Waals surface area contributed by atoms with Gasteiger partial charge >= 0.3 is 18.1 Å². The SMILES string of the molecule is O=C(O)[C@@H]1CN(C(=O)OCc2ccccc2)CCN1C(=O)N(c1ccccc1)c1cccc(Br)c1. The summed E-state index contributed by atoms with van der Waals surface area (Å²) < 4.78 is 6.15. The maximum Gasteiger partial charge on any atom is 0.410 e. The lowest BCUT2D eigenvalue weighted by molar-refractivity contribution is -0.143. The van der Waals surface area contributed by atoms with Crippen LogP contribution < -0.4 is 4.90 Å². The fourth-order valence-corrected chi connectivity index (χ4v) is 4.28. The molecule has 0 spiro atoms. The number of para-hydroxylation sites is 1. The van der Waals surface area contributed by atoms with E-state index in [-0.39, 0.29) is 26.2 Å². The molecule has 0 saturated carbocycles. The number of urea groups is 1. The van der Waals surface area contributed by atoms with Gasteiger partial charge in [0, 0.05) is 17.6 Å². The van der Waals surface area contributed by atoms with Crippen LogP contribution in [0.1, 0.15) is 5.56 Å². The lowest BCUT2D eigenvalue weighted by Crippen LogP contribution is -2.61. The first-order valence-electron chi connectivity index (χ1n) is 11.0. The highest BCUT2D eigenvalue weighted by molar-refractivity contribution is 9.10. The number of hydrogen-bond acceptors (Lipinski definition) is 4. The molecule has 35 heavy (non-hydrogen) atoms. The van der Waals surface area contributed by atoms with E-state index in [1.807, 2.05) is 54.6 Å². The van der Waals surface area contributed by atoms with E-state index in [4.69, 9.17) is 4.74 Å². The Kier molecular flexibility index (Phi) is 7.67. The molecule has 4 rings (SSSR count). The first kappa shape index (κ1) is 24.3. The molecule has 3 aromatic rings. The molecular weight excluding hydrogens is 514 g/mol. The van der Waals surface area contributed by atoms with Crippen molar-refractivity contribution in [2.45, 2.75) is 12.6 Å². The van der Waals surface area contributed by atoms with Crippen molar-refractivity contribution in [2.75, 3.05) is 24.5 Å². The Balaban J connectivity index is 1.53. The predicted octanol–water partition coefficient (Wildman–Crippen LogP) is 5.11. The minimum atomic E-state index is -1.22. The van der Waals surface area contributed by atoms with Crippen LogP contribution in [-0.2, 0) is 16.1 Å². The third-order valence-corrected chi connectivity index (χ3v) is 6.14. The highest BCUT2D eigenvalue weighted by Crippen LogP contribution is 2.30. The average Bonchev–Trinajstić information content (AvgIpc) is 2.88. The summed E-state index contributed by atoms with van der Waals surface area (Å²) in [5, 5.41) is 9.93. The number of ether oxygens (including phenoxy) is 1. The van der Waals surface area contributed by atoms with E-state index < -0.39 is 24.1 Å². The van der Waals surface area contributed by atoms with Crippen LogP contribution in [0.25, 0.3) is 0 Å². The van der Waals surface area contributed by atoms with Gasteiger partial charge in [-0.15, -0.1) is 0 Å². The first-order valence-corrected chi connectivity index (χ1v) is 11.8. The van der Waals surface area contributed by atoms with Crippen LogP contribution in [0.2, 0.25) is 0 Å². The lowest BCUT2D eigenvalue weighted by Gasteiger charge is -2.41. The number of carboxylic acid groups (broad SMARTS) is 1. The molecule has 1 atom stereocenters. The van der Waals surface area contributed by atoms with Crippen molar-refractivity contribution in [3.63, 3.8) is 0 Å². The monoisotopic (exact) mass is 537 g/mol. The molecule has 1 saturated heterocycles. The topological polar surface area (TPSA) is 90.4 Å². The molecule has 3 amide bonds. The lowest BCUT2D eigenvalue weighted by atomic mass is 10.1. The zero-order valence-electron chi connectivity index (χ0n) is 18.8. The van der Waals surface area contributed by atoms with Gasteiger partial charge in [-0.2, -0.15) is 0 Å². The van der Waals surface area contributed by atoms with Crippen molar-refractivity contribution in [2.24, 2.45) is 0 Å². The van der Waals surface area contributed by atoms with Crippen molar-refractivity contribution in [1.29, 1.82) is 0 Å². The van der Waals surface area contributed by atoms with E-state index >= 15 is 0 Å². The summed E-state index contributed by atoms with van der Waals surface area (Å²) in [6.07, 6.45) is -0.612. The molecule has 1 aliphatic rings. The zero-order valence-corrected chi connectivity index (χ0v) is 20.4. The molecule has 1 heterocycles. The van der Waals surface area contributed by atoms with Gasteiger partial charge in [0.2, 0.25) is 0 Å². The number of carbonyl (C=O) groups excluding carboxylic acids is 2. The Bertz CT molecular complexity index is 1190. The summed E-state index contributed by atoms with van der Waals surface area (Å²) in [5.74, 6) is -1.19. The number of carbonyl (C=O) groups is 3. The highest BCUT2D eigenvalue weighted by Gasteiger charge is 2.40. The minimum Gasteiger partial charge on any atom is -0.480 e. The number of halogens is 1. The Morgan fingerprint density at radius 3 is 2.23 bits per heavy atom. The number of nitrogens with zero attached hydrogens (tertiary/aromatic N) is 3. The van der Waals surface area contributed by atoms with Crippen molar-refractivity contribution in [1.82, 2.24) is 9.80 Å². The normalized spacial score (nSPS) is 15.4. The smallest absolute Gasteiger partial charge is 0.410 e. The van der Waals surface area contributed by atoms with E-state index in [2.05, 4.69) is 15.9 Å². The second kappa shape index (κ2) is 11.1. The number of amides is 3. The van der Waals surface area contributed by atoms with E-state index in [1.54, 1.807) is 30.3 Å². The number of hydrogen-bond donors (Lipinski definition) is 1. The largest absolute Gasteiger partial charge is 0.480 e. The molecule has 180 valence electrons. The van der Waals surface area contributed by atoms with Crippen LogP contribution in [0.15, 0.2) is 89.4 Å². The van der Waals surface area contributed by atoms with E-state index in [1.165, 1.54) is 14.7 Å². The molecule has 0 aliphatic carbocycles. The fourth-order valence-electron chi connectivity index (χ4n) is 3.89. The van der Waals surface area contributed by atoms with Gasteiger partial charge in [-0.3, -0.25) is 4.90 Å². The van der Waals surface area contributed by atoms with Gasteiger partial charge in [-0.1, -0.05) is 70.5 Å². The zero-order chi connectivity index (χ0) is 24.8. The number of aliphatic carboxylic acids is 1. The molecular formula is C26H24BrN3O5. The summed E-state index contributed by atoms with van der Waals surface area (Å²) in [6.45, 7) is 0.120. The number of benzene rings is 3. The van der Waals surface area contributed by atoms with Crippen molar-refractivity contribution < 1.29 is 24.2 Å². The van der Waals surface area contributed by atoms with Crippen molar-refractivity contribution in [3.8, 4) is 0 Å². The van der Waals surface area contributed by atoms with Gasteiger partial charge in [-0.25, -0.2) is 14.4 Å². The second-order valence-corrected chi connectivity index (χ2v) is 8.88. The van der Waals surface area contributed by atoms with Gasteiger partial charge in [0.15, 0.2) is 0 Å². The quantitative estimate of drug-likeness (QED) is 0.488. The van der Waals surface area contributed by atoms with Gasteiger partial charge in [0.05, 0.1) is 17.9 Å². The summed E-state index contributed by atoms with van der Waals surface area (Å²) in [7, 11) is 0. The molecule has 1 aliphatic heterocycles. The molecule has 1 fully saturated rings. The van der Waals surface area contributed by atoms with E-state index in [9.17, 15) is 19.5 Å². The Hall–Kier alpha value is -3.85. The molecule has 1 N–H and O–H groups in total. The Labute approximate surface area is 211 Å². The summed E-state index contributed by atoms with van der Waals surface area (Å²) in [6, 6.07) is 23.8. The molecule has 8 nitrogen and oxygen atoms in total. The molecule has 0 radical (unpaired) electrons. The van der Waals surface area contributed by atoms with Crippen LogP contribution in [0.3, 0.4) is 0 Å². The number of anilines is 2. The molecule has 9 heteroatoms. The van der Waals surface area contributed by atoms with Crippen molar-refractivity contribution in [3.05, 3.63) is 95.0 Å². The summed E-state index contributed by atoms with van der Waals surface area (Å²) in [4.78, 5) is 42.6. The predicted molar refractivity (Wildman–Crippen MR) is 134 cm³/mol. The van der Waals surface area contributed by atoms with E-state index in [0.717, 1.165) is 10.0 Å². The molecule has 0 aromatic heterocycles. The fraction of sp³-hybridized carbons (Fsp3) is 0.192. The van der Waals surface area contributed by atoms with E-state index in [0.29, 0.717) is 11.4 Å². The third kappa shape index (κ3) is 5.81. The Morgan fingerprint density at radius 1 is 0.914 bits per heavy atom. The molecule has 0 bridgehead atoms. The van der Waals surface area contributed by atoms with Gasteiger partial charge < -0.3 is 19.6 Å². The van der Waals surface area contributed by atoms with Crippen LogP contribution in [-0.4, -0.2) is 58.7 Å². The third-order valence-electron chi connectivity index (χ3n) is 5.65. The molecule has 0 unspecified atom stereocenters. The summed E-state index contributed by atoms with van der Waals surface area (Å²) in [5.41, 5.74) is 2.02. The average molecular weight is 538 g/mol. The van der Waals surface area contributed by atoms with Crippen LogP contribution in [0, 0.1) is 0 Å². The number of carboxylic acids is 1. The van der Waals surface area contributed by atoms with Gasteiger partial charge in [0.25, 0.3) is 0 Å². The van der Waals surface area contributed by atoms with Crippen LogP contribution >= 0.6 is 15.9 Å². The maximum absolute atomic E-state index is 13.8. The van der Waals surface area contributed by atoms with Crippen LogP contribution in [0.5, 0.6) is 0 Å².